The molecule has 1 aliphatic heterocycles. The Morgan fingerprint density at radius 3 is 2.22 bits per heavy atom. The first-order valence-electron chi connectivity index (χ1n) is 13.5. The molecule has 0 atom stereocenters. The molecular weight excluding hydrogens is 473 g/mol. The Hall–Kier alpha value is -2.86. The molecule has 0 amide bonds. The molecule has 1 aromatic heterocycles. The molecule has 0 spiro atoms. The number of hydrogen-bond acceptors (Lipinski definition) is 3. The third kappa shape index (κ3) is 6.18. The van der Waals surface area contributed by atoms with Gasteiger partial charge in [0.2, 0.25) is 0 Å². The molecule has 6 heteroatoms. The second kappa shape index (κ2) is 11.3. The minimum atomic E-state index is -4.43. The van der Waals surface area contributed by atoms with Gasteiger partial charge in [-0.2, -0.15) is 13.2 Å². The second-order valence-electron chi connectivity index (χ2n) is 10.6. The minimum Gasteiger partial charge on any atom is -0.376 e. The molecule has 2 heterocycles. The normalized spacial score (nSPS) is 18.1. The van der Waals surface area contributed by atoms with Crippen LogP contribution in [-0.2, 0) is 22.9 Å². The maximum Gasteiger partial charge on any atom is 0.416 e. The van der Waals surface area contributed by atoms with Crippen LogP contribution < -0.4 is 4.90 Å². The summed E-state index contributed by atoms with van der Waals surface area (Å²) in [5.74, 6) is 0.887. The number of benzene rings is 2. The molecule has 1 aliphatic carbocycles. The fourth-order valence-corrected chi connectivity index (χ4v) is 5.87. The number of piperidine rings is 1. The van der Waals surface area contributed by atoms with Gasteiger partial charge in [0.25, 0.3) is 0 Å². The van der Waals surface area contributed by atoms with Crippen molar-refractivity contribution in [1.29, 1.82) is 0 Å². The molecule has 2 aliphatic rings. The summed E-state index contributed by atoms with van der Waals surface area (Å²) in [7, 11) is 0. The molecule has 3 aromatic rings. The molecule has 1 saturated heterocycles. The lowest BCUT2D eigenvalue weighted by Gasteiger charge is -2.37. The van der Waals surface area contributed by atoms with E-state index < -0.39 is 11.7 Å². The van der Waals surface area contributed by atoms with Crippen LogP contribution in [0.4, 0.5) is 19.0 Å². The third-order valence-electron chi connectivity index (χ3n) is 7.93. The summed E-state index contributed by atoms with van der Waals surface area (Å²) in [5, 5.41) is 0. The fraction of sp³-hybridized carbons (Fsp3) is 0.452. The molecule has 2 fully saturated rings. The number of anilines is 1. The summed E-state index contributed by atoms with van der Waals surface area (Å²) in [6, 6.07) is 18.5. The Morgan fingerprint density at radius 1 is 0.811 bits per heavy atom. The quantitative estimate of drug-likeness (QED) is 0.322. The summed E-state index contributed by atoms with van der Waals surface area (Å²) in [5.41, 5.74) is 2.27. The Labute approximate surface area is 217 Å². The van der Waals surface area contributed by atoms with Crippen molar-refractivity contribution in [3.05, 3.63) is 83.6 Å². The van der Waals surface area contributed by atoms with E-state index in [9.17, 15) is 13.2 Å². The SMILES string of the molecule is FC(F)(F)c1cc(COCC2(c3ccccc3)CCCCC2)cc(-c2ccc(N3CCCCC3)nc2)c1. The zero-order chi connectivity index (χ0) is 25.7. The highest BCUT2D eigenvalue weighted by molar-refractivity contribution is 5.66. The topological polar surface area (TPSA) is 25.4 Å². The number of hydrogen-bond donors (Lipinski definition) is 0. The molecule has 2 aromatic carbocycles. The van der Waals surface area contributed by atoms with Crippen molar-refractivity contribution in [2.75, 3.05) is 24.6 Å². The third-order valence-corrected chi connectivity index (χ3v) is 7.93. The summed E-state index contributed by atoms with van der Waals surface area (Å²) in [6.45, 7) is 2.60. The van der Waals surface area contributed by atoms with Gasteiger partial charge in [-0.15, -0.1) is 0 Å². The average molecular weight is 509 g/mol. The minimum absolute atomic E-state index is 0.0712. The lowest BCUT2D eigenvalue weighted by atomic mass is 9.70. The Kier molecular flexibility index (Phi) is 7.84. The summed E-state index contributed by atoms with van der Waals surface area (Å²) < 4.78 is 47.6. The molecule has 0 radical (unpaired) electrons. The molecule has 3 nitrogen and oxygen atoms in total. The zero-order valence-corrected chi connectivity index (χ0v) is 21.3. The van der Waals surface area contributed by atoms with Crippen molar-refractivity contribution < 1.29 is 17.9 Å². The van der Waals surface area contributed by atoms with E-state index in [1.165, 1.54) is 30.5 Å². The number of halogens is 3. The molecule has 37 heavy (non-hydrogen) atoms. The first-order valence-corrected chi connectivity index (χ1v) is 13.5. The van der Waals surface area contributed by atoms with Gasteiger partial charge in [0.05, 0.1) is 18.8 Å². The first-order chi connectivity index (χ1) is 17.9. The van der Waals surface area contributed by atoms with Gasteiger partial charge in [-0.05, 0) is 79.1 Å². The molecule has 0 N–H and O–H groups in total. The highest BCUT2D eigenvalue weighted by atomic mass is 19.4. The van der Waals surface area contributed by atoms with Crippen LogP contribution in [0.25, 0.3) is 11.1 Å². The van der Waals surface area contributed by atoms with Crippen molar-refractivity contribution in [1.82, 2.24) is 4.98 Å². The Bertz CT molecular complexity index is 1150. The van der Waals surface area contributed by atoms with E-state index in [4.69, 9.17) is 4.74 Å². The second-order valence-corrected chi connectivity index (χ2v) is 10.6. The molecule has 196 valence electrons. The monoisotopic (exact) mass is 508 g/mol. The summed E-state index contributed by atoms with van der Waals surface area (Å²) in [4.78, 5) is 6.82. The van der Waals surface area contributed by atoms with Gasteiger partial charge in [0.1, 0.15) is 5.82 Å². The number of aromatic nitrogens is 1. The van der Waals surface area contributed by atoms with Crippen LogP contribution in [0.2, 0.25) is 0 Å². The van der Waals surface area contributed by atoms with Gasteiger partial charge in [0, 0.05) is 30.3 Å². The van der Waals surface area contributed by atoms with Gasteiger partial charge in [-0.3, -0.25) is 0 Å². The van der Waals surface area contributed by atoms with Crippen molar-refractivity contribution >= 4 is 5.82 Å². The Balaban J connectivity index is 1.35. The van der Waals surface area contributed by atoms with Gasteiger partial charge < -0.3 is 9.64 Å². The van der Waals surface area contributed by atoms with E-state index in [2.05, 4.69) is 34.1 Å². The predicted octanol–water partition coefficient (Wildman–Crippen LogP) is 8.18. The van der Waals surface area contributed by atoms with Crippen molar-refractivity contribution in [3.63, 3.8) is 0 Å². The first kappa shape index (κ1) is 25.8. The summed E-state index contributed by atoms with van der Waals surface area (Å²) >= 11 is 0. The van der Waals surface area contributed by atoms with Crippen molar-refractivity contribution in [2.24, 2.45) is 0 Å². The van der Waals surface area contributed by atoms with Gasteiger partial charge in [-0.25, -0.2) is 4.98 Å². The van der Waals surface area contributed by atoms with E-state index in [-0.39, 0.29) is 12.0 Å². The molecule has 0 bridgehead atoms. The van der Waals surface area contributed by atoms with Gasteiger partial charge in [-0.1, -0.05) is 49.6 Å². The highest BCUT2D eigenvalue weighted by Gasteiger charge is 2.34. The molecule has 5 rings (SSSR count). The lowest BCUT2D eigenvalue weighted by molar-refractivity contribution is -0.137. The number of pyridine rings is 1. The van der Waals surface area contributed by atoms with E-state index in [1.807, 2.05) is 24.3 Å². The molecule has 0 unspecified atom stereocenters. The standard InChI is InChI=1S/C31H35F3N2O/c32-31(33,34)28-19-24(22-37-23-30(14-6-2-7-15-30)27-10-4-1-5-11-27)18-26(20-28)25-12-13-29(35-21-25)36-16-8-3-9-17-36/h1,4-5,10-13,18-21H,2-3,6-9,14-17,22-23H2. The van der Waals surface area contributed by atoms with Crippen molar-refractivity contribution in [2.45, 2.75) is 69.6 Å². The number of ether oxygens (including phenoxy) is 1. The molecular formula is C31H35F3N2O. The van der Waals surface area contributed by atoms with E-state index in [0.717, 1.165) is 57.4 Å². The summed E-state index contributed by atoms with van der Waals surface area (Å²) in [6.07, 6.45) is 6.37. The number of rotatable bonds is 7. The van der Waals surface area contributed by atoms with Gasteiger partial charge >= 0.3 is 6.18 Å². The van der Waals surface area contributed by atoms with Gasteiger partial charge in [0.15, 0.2) is 0 Å². The van der Waals surface area contributed by atoms with E-state index >= 15 is 0 Å². The fourth-order valence-electron chi connectivity index (χ4n) is 5.87. The molecule has 1 saturated carbocycles. The lowest BCUT2D eigenvalue weighted by Crippen LogP contribution is -2.34. The Morgan fingerprint density at radius 2 is 1.54 bits per heavy atom. The van der Waals surface area contributed by atoms with E-state index in [1.54, 1.807) is 6.20 Å². The maximum atomic E-state index is 13.8. The predicted molar refractivity (Wildman–Crippen MR) is 142 cm³/mol. The number of nitrogens with zero attached hydrogens (tertiary/aromatic N) is 2. The van der Waals surface area contributed by atoms with Crippen LogP contribution >= 0.6 is 0 Å². The van der Waals surface area contributed by atoms with Crippen LogP contribution in [0.15, 0.2) is 66.9 Å². The number of alkyl halides is 3. The van der Waals surface area contributed by atoms with Crippen LogP contribution in [-0.4, -0.2) is 24.7 Å². The zero-order valence-electron chi connectivity index (χ0n) is 21.3. The highest BCUT2D eigenvalue weighted by Crippen LogP contribution is 2.40. The smallest absolute Gasteiger partial charge is 0.376 e. The van der Waals surface area contributed by atoms with Crippen molar-refractivity contribution in [3.8, 4) is 11.1 Å². The van der Waals surface area contributed by atoms with Crippen LogP contribution in [0.5, 0.6) is 0 Å². The largest absolute Gasteiger partial charge is 0.416 e. The van der Waals surface area contributed by atoms with Crippen LogP contribution in [0.1, 0.15) is 68.1 Å². The van der Waals surface area contributed by atoms with E-state index in [0.29, 0.717) is 23.3 Å². The maximum absolute atomic E-state index is 13.8. The average Bonchev–Trinajstić information content (AvgIpc) is 2.94. The van der Waals surface area contributed by atoms with Crippen LogP contribution in [0, 0.1) is 0 Å². The van der Waals surface area contributed by atoms with Crippen LogP contribution in [0.3, 0.4) is 0 Å².